The first-order chi connectivity index (χ1) is 14.2. The summed E-state index contributed by atoms with van der Waals surface area (Å²) < 4.78 is 0. The predicted molar refractivity (Wildman–Crippen MR) is 120 cm³/mol. The highest BCUT2D eigenvalue weighted by molar-refractivity contribution is 5.37. The molecule has 1 aliphatic carbocycles. The number of aliphatic hydroxyl groups is 1. The van der Waals surface area contributed by atoms with Crippen LogP contribution >= 0.6 is 0 Å². The van der Waals surface area contributed by atoms with E-state index < -0.39 is 5.60 Å². The second-order valence-electron chi connectivity index (χ2n) is 9.49. The zero-order valence-corrected chi connectivity index (χ0v) is 18.0. The van der Waals surface area contributed by atoms with Crippen molar-refractivity contribution in [3.63, 3.8) is 0 Å². The third-order valence-corrected chi connectivity index (χ3v) is 7.39. The van der Waals surface area contributed by atoms with Gasteiger partial charge in [0.2, 0.25) is 0 Å². The van der Waals surface area contributed by atoms with Crippen molar-refractivity contribution in [2.45, 2.75) is 63.4 Å². The molecule has 1 saturated carbocycles. The zero-order valence-electron chi connectivity index (χ0n) is 18.0. The predicted octanol–water partition coefficient (Wildman–Crippen LogP) is 4.16. The van der Waals surface area contributed by atoms with E-state index in [4.69, 9.17) is 0 Å². The molecule has 158 valence electrons. The zero-order chi connectivity index (χ0) is 19.9. The Morgan fingerprint density at radius 1 is 0.759 bits per heavy atom. The Labute approximate surface area is 177 Å². The molecular weight excluding hydrogens is 356 g/mol. The van der Waals surface area contributed by atoms with Crippen LogP contribution in [0.15, 0.2) is 30.3 Å². The fourth-order valence-electron chi connectivity index (χ4n) is 5.65. The van der Waals surface area contributed by atoms with Crippen molar-refractivity contribution in [1.29, 1.82) is 0 Å². The number of nitrogens with zero attached hydrogens (tertiary/aromatic N) is 2. The SMILES string of the molecule is OC1(C#Cc2ccccc2)C(CN2CCCCC2)CCCC1CN1CCCCC1. The maximum absolute atomic E-state index is 12.1. The molecule has 2 heterocycles. The second kappa shape index (κ2) is 10.1. The molecule has 1 N–H and O–H groups in total. The molecule has 2 aliphatic heterocycles. The molecule has 2 unspecified atom stereocenters. The molecule has 3 aliphatic rings. The quantitative estimate of drug-likeness (QED) is 0.777. The van der Waals surface area contributed by atoms with Gasteiger partial charge in [-0.15, -0.1) is 0 Å². The molecule has 0 amide bonds. The van der Waals surface area contributed by atoms with E-state index in [9.17, 15) is 5.11 Å². The molecule has 3 nitrogen and oxygen atoms in total. The Bertz CT molecular complexity index is 652. The van der Waals surface area contributed by atoms with Crippen molar-refractivity contribution in [2.75, 3.05) is 39.3 Å². The van der Waals surface area contributed by atoms with Crippen LogP contribution in [-0.2, 0) is 0 Å². The Hall–Kier alpha value is -1.34. The van der Waals surface area contributed by atoms with E-state index in [1.54, 1.807) is 0 Å². The highest BCUT2D eigenvalue weighted by atomic mass is 16.3. The monoisotopic (exact) mass is 394 g/mol. The molecule has 4 rings (SSSR count). The topological polar surface area (TPSA) is 26.7 Å². The van der Waals surface area contributed by atoms with Gasteiger partial charge in [0.1, 0.15) is 5.60 Å². The minimum Gasteiger partial charge on any atom is -0.377 e. The number of hydrogen-bond acceptors (Lipinski definition) is 3. The van der Waals surface area contributed by atoms with Gasteiger partial charge in [-0.2, -0.15) is 0 Å². The van der Waals surface area contributed by atoms with E-state index in [1.165, 1.54) is 71.1 Å². The van der Waals surface area contributed by atoms with Crippen LogP contribution < -0.4 is 0 Å². The Kier molecular flexibility index (Phi) is 7.29. The van der Waals surface area contributed by atoms with Crippen molar-refractivity contribution in [3.8, 4) is 11.8 Å². The van der Waals surface area contributed by atoms with E-state index in [2.05, 4.69) is 33.8 Å². The van der Waals surface area contributed by atoms with Gasteiger partial charge in [-0.05, 0) is 76.8 Å². The standard InChI is InChI=1S/C26H38N2O/c29-26(16-15-23-11-4-1-5-12-23)24(21-27-17-6-2-7-18-27)13-10-14-25(26)22-28-19-8-3-9-20-28/h1,4-5,11-12,24-25,29H,2-3,6-10,13-14,17-22H2. The summed E-state index contributed by atoms with van der Waals surface area (Å²) in [7, 11) is 0. The van der Waals surface area contributed by atoms with Crippen molar-refractivity contribution in [1.82, 2.24) is 9.80 Å². The molecular formula is C26H38N2O. The van der Waals surface area contributed by atoms with Crippen LogP contribution in [0, 0.1) is 23.7 Å². The van der Waals surface area contributed by atoms with E-state index in [-0.39, 0.29) is 11.8 Å². The first-order valence-electron chi connectivity index (χ1n) is 12.0. The lowest BCUT2D eigenvalue weighted by molar-refractivity contribution is -0.0686. The number of rotatable bonds is 4. The molecule has 3 heteroatoms. The first kappa shape index (κ1) is 20.9. The maximum Gasteiger partial charge on any atom is 0.133 e. The van der Waals surface area contributed by atoms with E-state index in [1.807, 2.05) is 18.2 Å². The molecule has 0 aromatic heterocycles. The molecule has 0 radical (unpaired) electrons. The largest absolute Gasteiger partial charge is 0.377 e. The van der Waals surface area contributed by atoms with Crippen LogP contribution in [0.25, 0.3) is 0 Å². The van der Waals surface area contributed by atoms with Gasteiger partial charge in [-0.1, -0.05) is 49.3 Å². The minimum atomic E-state index is -0.872. The summed E-state index contributed by atoms with van der Waals surface area (Å²) in [6.07, 6.45) is 11.4. The van der Waals surface area contributed by atoms with Crippen LogP contribution in [-0.4, -0.2) is 59.8 Å². The Morgan fingerprint density at radius 3 is 1.79 bits per heavy atom. The summed E-state index contributed by atoms with van der Waals surface area (Å²) in [6, 6.07) is 10.2. The lowest BCUT2D eigenvalue weighted by Gasteiger charge is -2.46. The van der Waals surface area contributed by atoms with Crippen LogP contribution in [0.4, 0.5) is 0 Å². The van der Waals surface area contributed by atoms with Crippen molar-refractivity contribution in [3.05, 3.63) is 35.9 Å². The summed E-state index contributed by atoms with van der Waals surface area (Å²) in [5.41, 5.74) is 0.142. The van der Waals surface area contributed by atoms with Gasteiger partial charge < -0.3 is 14.9 Å². The molecule has 3 fully saturated rings. The van der Waals surface area contributed by atoms with Gasteiger partial charge in [-0.3, -0.25) is 0 Å². The molecule has 2 saturated heterocycles. The van der Waals surface area contributed by atoms with Gasteiger partial charge >= 0.3 is 0 Å². The molecule has 29 heavy (non-hydrogen) atoms. The van der Waals surface area contributed by atoms with Gasteiger partial charge in [0, 0.05) is 30.5 Å². The summed E-state index contributed by atoms with van der Waals surface area (Å²) in [4.78, 5) is 5.18. The maximum atomic E-state index is 12.1. The van der Waals surface area contributed by atoms with Crippen molar-refractivity contribution < 1.29 is 5.11 Å². The Morgan fingerprint density at radius 2 is 1.28 bits per heavy atom. The molecule has 0 spiro atoms. The fraction of sp³-hybridized carbons (Fsp3) is 0.692. The lowest BCUT2D eigenvalue weighted by Crippen LogP contribution is -2.55. The number of benzene rings is 1. The first-order valence-corrected chi connectivity index (χ1v) is 12.0. The minimum absolute atomic E-state index is 0.264. The third kappa shape index (κ3) is 5.43. The normalized spacial score (nSPS) is 31.8. The summed E-state index contributed by atoms with van der Waals surface area (Å²) in [5.74, 6) is 7.33. The summed E-state index contributed by atoms with van der Waals surface area (Å²) in [5, 5.41) is 12.1. The van der Waals surface area contributed by atoms with Crippen molar-refractivity contribution in [2.24, 2.45) is 11.8 Å². The van der Waals surface area contributed by atoms with E-state index in [0.29, 0.717) is 0 Å². The summed E-state index contributed by atoms with van der Waals surface area (Å²) in [6.45, 7) is 6.78. The average Bonchev–Trinajstić information content (AvgIpc) is 2.78. The Balaban J connectivity index is 1.55. The highest BCUT2D eigenvalue weighted by Gasteiger charge is 2.46. The average molecular weight is 395 g/mol. The lowest BCUT2D eigenvalue weighted by atomic mass is 9.67. The second-order valence-corrected chi connectivity index (χ2v) is 9.49. The molecule has 2 atom stereocenters. The highest BCUT2D eigenvalue weighted by Crippen LogP contribution is 2.40. The van der Waals surface area contributed by atoms with Gasteiger partial charge in [-0.25, -0.2) is 0 Å². The number of piperidine rings is 2. The molecule has 1 aromatic carbocycles. The third-order valence-electron chi connectivity index (χ3n) is 7.39. The smallest absolute Gasteiger partial charge is 0.133 e. The number of hydrogen-bond donors (Lipinski definition) is 1. The summed E-state index contributed by atoms with van der Waals surface area (Å²) >= 11 is 0. The van der Waals surface area contributed by atoms with E-state index >= 15 is 0 Å². The van der Waals surface area contributed by atoms with Crippen LogP contribution in [0.5, 0.6) is 0 Å². The van der Waals surface area contributed by atoms with Crippen molar-refractivity contribution >= 4 is 0 Å². The van der Waals surface area contributed by atoms with Crippen LogP contribution in [0.2, 0.25) is 0 Å². The van der Waals surface area contributed by atoms with E-state index in [0.717, 1.165) is 31.5 Å². The molecule has 1 aromatic rings. The number of likely N-dealkylation sites (tertiary alicyclic amines) is 2. The van der Waals surface area contributed by atoms with Crippen LogP contribution in [0.3, 0.4) is 0 Å². The fourth-order valence-corrected chi connectivity index (χ4v) is 5.65. The van der Waals surface area contributed by atoms with Gasteiger partial charge in [0.15, 0.2) is 0 Å². The van der Waals surface area contributed by atoms with Gasteiger partial charge in [0.25, 0.3) is 0 Å². The van der Waals surface area contributed by atoms with Crippen LogP contribution in [0.1, 0.15) is 63.4 Å². The molecule has 0 bridgehead atoms. The van der Waals surface area contributed by atoms with Gasteiger partial charge in [0.05, 0.1) is 0 Å².